The van der Waals surface area contributed by atoms with Gasteiger partial charge in [0, 0.05) is 19.5 Å². The van der Waals surface area contributed by atoms with E-state index in [0.29, 0.717) is 19.4 Å². The Morgan fingerprint density at radius 2 is 2.00 bits per heavy atom. The monoisotopic (exact) mass is 354 g/mol. The van der Waals surface area contributed by atoms with E-state index in [4.69, 9.17) is 0 Å². The van der Waals surface area contributed by atoms with Crippen molar-refractivity contribution in [2.75, 3.05) is 19.3 Å². The number of carboxylic acids is 1. The molecule has 0 bridgehead atoms. The van der Waals surface area contributed by atoms with Crippen molar-refractivity contribution in [2.24, 2.45) is 5.92 Å². The third-order valence-corrected chi connectivity index (χ3v) is 5.39. The number of hydrogen-bond acceptors (Lipinski definition) is 4. The van der Waals surface area contributed by atoms with E-state index in [1.807, 2.05) is 6.07 Å². The van der Waals surface area contributed by atoms with Gasteiger partial charge in [0.2, 0.25) is 15.9 Å². The number of sulfonamides is 1. The molecule has 1 aliphatic heterocycles. The van der Waals surface area contributed by atoms with Crippen LogP contribution in [-0.2, 0) is 26.0 Å². The van der Waals surface area contributed by atoms with Crippen molar-refractivity contribution in [3.8, 4) is 0 Å². The molecule has 1 aromatic rings. The van der Waals surface area contributed by atoms with Gasteiger partial charge in [-0.25, -0.2) is 17.5 Å². The summed E-state index contributed by atoms with van der Waals surface area (Å²) in [4.78, 5) is 23.8. The number of nitrogens with one attached hydrogen (secondary N) is 1. The molecule has 1 aliphatic rings. The average molecular weight is 354 g/mol. The molecule has 1 heterocycles. The Morgan fingerprint density at radius 1 is 1.33 bits per heavy atom. The molecule has 1 unspecified atom stereocenters. The average Bonchev–Trinajstić information content (AvgIpc) is 2.54. The van der Waals surface area contributed by atoms with Gasteiger partial charge in [-0.05, 0) is 18.4 Å². The molecule has 7 nitrogen and oxygen atoms in total. The quantitative estimate of drug-likeness (QED) is 0.773. The minimum absolute atomic E-state index is 0.0995. The smallest absolute Gasteiger partial charge is 0.326 e. The molecule has 24 heavy (non-hydrogen) atoms. The van der Waals surface area contributed by atoms with Gasteiger partial charge in [0.05, 0.1) is 12.2 Å². The normalized spacial score (nSPS) is 20.3. The third kappa shape index (κ3) is 5.04. The van der Waals surface area contributed by atoms with Crippen LogP contribution in [0.25, 0.3) is 0 Å². The van der Waals surface area contributed by atoms with Crippen molar-refractivity contribution >= 4 is 21.9 Å². The van der Waals surface area contributed by atoms with Crippen LogP contribution >= 0.6 is 0 Å². The van der Waals surface area contributed by atoms with E-state index in [9.17, 15) is 23.1 Å². The number of rotatable bonds is 6. The van der Waals surface area contributed by atoms with Gasteiger partial charge in [-0.15, -0.1) is 0 Å². The van der Waals surface area contributed by atoms with Crippen molar-refractivity contribution in [2.45, 2.75) is 25.3 Å². The predicted molar refractivity (Wildman–Crippen MR) is 88.9 cm³/mol. The van der Waals surface area contributed by atoms with Gasteiger partial charge < -0.3 is 10.4 Å². The Labute approximate surface area is 141 Å². The highest BCUT2D eigenvalue weighted by Gasteiger charge is 2.32. The first kappa shape index (κ1) is 18.4. The Morgan fingerprint density at radius 3 is 2.58 bits per heavy atom. The van der Waals surface area contributed by atoms with E-state index in [1.165, 1.54) is 4.31 Å². The lowest BCUT2D eigenvalue weighted by molar-refractivity contribution is -0.142. The summed E-state index contributed by atoms with van der Waals surface area (Å²) in [6, 6.07) is 8.01. The SMILES string of the molecule is CS(=O)(=O)N1CCCC(C(=O)N[C@H](Cc2ccccc2)C(=O)O)C1. The molecule has 0 aliphatic carbocycles. The minimum atomic E-state index is -3.35. The molecule has 0 radical (unpaired) electrons. The number of benzene rings is 1. The van der Waals surface area contributed by atoms with E-state index in [-0.39, 0.29) is 13.0 Å². The molecule has 1 fully saturated rings. The molecule has 132 valence electrons. The Balaban J connectivity index is 2.01. The maximum atomic E-state index is 12.4. The zero-order valence-electron chi connectivity index (χ0n) is 13.5. The Bertz CT molecular complexity index is 690. The molecule has 2 atom stereocenters. The Kier molecular flexibility index (Phi) is 5.95. The molecule has 0 saturated carbocycles. The van der Waals surface area contributed by atoms with Crippen molar-refractivity contribution in [1.82, 2.24) is 9.62 Å². The number of carbonyl (C=O) groups excluding carboxylic acids is 1. The van der Waals surface area contributed by atoms with Crippen molar-refractivity contribution in [3.05, 3.63) is 35.9 Å². The number of nitrogens with zero attached hydrogens (tertiary/aromatic N) is 1. The highest BCUT2D eigenvalue weighted by molar-refractivity contribution is 7.88. The van der Waals surface area contributed by atoms with Crippen LogP contribution in [0.1, 0.15) is 18.4 Å². The molecule has 1 amide bonds. The van der Waals surface area contributed by atoms with Crippen LogP contribution < -0.4 is 5.32 Å². The van der Waals surface area contributed by atoms with Crippen molar-refractivity contribution < 1.29 is 23.1 Å². The number of carbonyl (C=O) groups is 2. The summed E-state index contributed by atoms with van der Waals surface area (Å²) in [6.45, 7) is 0.497. The lowest BCUT2D eigenvalue weighted by Gasteiger charge is -2.30. The summed E-state index contributed by atoms with van der Waals surface area (Å²) in [7, 11) is -3.35. The first-order valence-corrected chi connectivity index (χ1v) is 9.64. The van der Waals surface area contributed by atoms with Gasteiger partial charge in [-0.1, -0.05) is 30.3 Å². The van der Waals surface area contributed by atoms with Crippen molar-refractivity contribution in [3.63, 3.8) is 0 Å². The Hall–Kier alpha value is -1.93. The fraction of sp³-hybridized carbons (Fsp3) is 0.500. The van der Waals surface area contributed by atoms with Gasteiger partial charge in [0.25, 0.3) is 0 Å². The molecule has 1 saturated heterocycles. The van der Waals surface area contributed by atoms with Crippen LogP contribution in [-0.4, -0.2) is 55.1 Å². The fourth-order valence-electron chi connectivity index (χ4n) is 2.80. The summed E-state index contributed by atoms with van der Waals surface area (Å²) in [5.74, 6) is -2.04. The first-order chi connectivity index (χ1) is 11.3. The zero-order chi connectivity index (χ0) is 17.7. The zero-order valence-corrected chi connectivity index (χ0v) is 14.3. The van der Waals surface area contributed by atoms with E-state index >= 15 is 0 Å². The lowest BCUT2D eigenvalue weighted by atomic mass is 9.97. The number of aliphatic carboxylic acids is 1. The molecule has 0 aromatic heterocycles. The maximum Gasteiger partial charge on any atom is 0.326 e. The van der Waals surface area contributed by atoms with E-state index < -0.39 is 33.9 Å². The summed E-state index contributed by atoms with van der Waals surface area (Å²) in [6.07, 6.45) is 2.43. The second-order valence-electron chi connectivity index (χ2n) is 6.05. The van der Waals surface area contributed by atoms with E-state index in [2.05, 4.69) is 5.32 Å². The second kappa shape index (κ2) is 7.76. The highest BCUT2D eigenvalue weighted by Crippen LogP contribution is 2.19. The van der Waals surface area contributed by atoms with Crippen LogP contribution in [0.4, 0.5) is 0 Å². The summed E-state index contributed by atoms with van der Waals surface area (Å²) in [5.41, 5.74) is 0.812. The van der Waals surface area contributed by atoms with Crippen LogP contribution in [0, 0.1) is 5.92 Å². The van der Waals surface area contributed by atoms with Gasteiger partial charge in [0.1, 0.15) is 6.04 Å². The lowest BCUT2D eigenvalue weighted by Crippen LogP contribution is -2.49. The van der Waals surface area contributed by atoms with Gasteiger partial charge in [-0.3, -0.25) is 4.79 Å². The van der Waals surface area contributed by atoms with Crippen LogP contribution in [0.15, 0.2) is 30.3 Å². The molecular weight excluding hydrogens is 332 g/mol. The number of amides is 1. The molecule has 2 rings (SSSR count). The molecule has 8 heteroatoms. The number of piperidine rings is 1. The van der Waals surface area contributed by atoms with Gasteiger partial charge in [-0.2, -0.15) is 0 Å². The topological polar surface area (TPSA) is 104 Å². The summed E-state index contributed by atoms with van der Waals surface area (Å²) < 4.78 is 24.5. The highest BCUT2D eigenvalue weighted by atomic mass is 32.2. The minimum Gasteiger partial charge on any atom is -0.480 e. The predicted octanol–water partition coefficient (Wildman–Crippen LogP) is 0.470. The molecule has 2 N–H and O–H groups in total. The van der Waals surface area contributed by atoms with Gasteiger partial charge in [0.15, 0.2) is 0 Å². The number of hydrogen-bond donors (Lipinski definition) is 2. The largest absolute Gasteiger partial charge is 0.480 e. The second-order valence-corrected chi connectivity index (χ2v) is 8.03. The molecule has 1 aromatic carbocycles. The van der Waals surface area contributed by atoms with Crippen LogP contribution in [0.3, 0.4) is 0 Å². The van der Waals surface area contributed by atoms with E-state index in [1.54, 1.807) is 24.3 Å². The molecular formula is C16H22N2O5S. The third-order valence-electron chi connectivity index (χ3n) is 4.12. The maximum absolute atomic E-state index is 12.4. The van der Waals surface area contributed by atoms with E-state index in [0.717, 1.165) is 11.8 Å². The van der Waals surface area contributed by atoms with Gasteiger partial charge >= 0.3 is 5.97 Å². The van der Waals surface area contributed by atoms with Crippen molar-refractivity contribution in [1.29, 1.82) is 0 Å². The van der Waals surface area contributed by atoms with Crippen LogP contribution in [0.5, 0.6) is 0 Å². The number of carboxylic acid groups (broad SMARTS) is 1. The first-order valence-electron chi connectivity index (χ1n) is 7.79. The van der Waals surface area contributed by atoms with Crippen LogP contribution in [0.2, 0.25) is 0 Å². The fourth-order valence-corrected chi connectivity index (χ4v) is 3.71. The summed E-state index contributed by atoms with van der Waals surface area (Å²) >= 11 is 0. The molecule has 0 spiro atoms. The standard InChI is InChI=1S/C16H22N2O5S/c1-24(22,23)18-9-5-8-13(11-18)15(19)17-14(16(20)21)10-12-6-3-2-4-7-12/h2-4,6-7,13-14H,5,8-11H2,1H3,(H,17,19)(H,20,21)/t13?,14-/m1/s1. The summed E-state index contributed by atoms with van der Waals surface area (Å²) in [5, 5.41) is 11.9.